The van der Waals surface area contributed by atoms with Gasteiger partial charge in [0.05, 0.1) is 25.4 Å². The standard InChI is InChI=1S/C54H107NO8/c1-3-5-7-9-10-11-12-13-14-15-16-17-18-19-20-21-22-23-24-25-26-27-28-29-30-31-32-33-34-35-36-37-38-39-40-42-44-50(58)55-47(48(57)43-41-8-6-4-2)46-62-54-53(61)52(60)51(59)49(45-56)63-54/h47-49,51-54,56-57,59-61H,3-46H2,1-2H3,(H,55,58). The van der Waals surface area contributed by atoms with E-state index in [0.29, 0.717) is 12.8 Å². The number of amides is 1. The van der Waals surface area contributed by atoms with Crippen LogP contribution in [0.15, 0.2) is 0 Å². The molecule has 0 aromatic rings. The number of rotatable bonds is 48. The van der Waals surface area contributed by atoms with Gasteiger partial charge in [0.1, 0.15) is 24.4 Å². The van der Waals surface area contributed by atoms with Gasteiger partial charge in [0.2, 0.25) is 5.91 Å². The van der Waals surface area contributed by atoms with Gasteiger partial charge >= 0.3 is 0 Å². The second kappa shape index (κ2) is 45.0. The first kappa shape index (κ1) is 60.2. The molecule has 9 heteroatoms. The van der Waals surface area contributed by atoms with Crippen LogP contribution in [-0.2, 0) is 14.3 Å². The molecule has 1 amide bonds. The molecule has 0 bridgehead atoms. The first-order valence-corrected chi connectivity index (χ1v) is 27.7. The number of hydrogen-bond donors (Lipinski definition) is 6. The lowest BCUT2D eigenvalue weighted by molar-refractivity contribution is -0.302. The summed E-state index contributed by atoms with van der Waals surface area (Å²) in [4.78, 5) is 12.9. The lowest BCUT2D eigenvalue weighted by atomic mass is 9.99. The van der Waals surface area contributed by atoms with Gasteiger partial charge in [0.15, 0.2) is 6.29 Å². The molecule has 0 saturated carbocycles. The van der Waals surface area contributed by atoms with E-state index in [1.54, 1.807) is 0 Å². The van der Waals surface area contributed by atoms with E-state index >= 15 is 0 Å². The van der Waals surface area contributed by atoms with Crippen LogP contribution < -0.4 is 5.32 Å². The third-order valence-corrected chi connectivity index (χ3v) is 13.7. The summed E-state index contributed by atoms with van der Waals surface area (Å²) in [6.07, 6.45) is 46.8. The monoisotopic (exact) mass is 898 g/mol. The Morgan fingerprint density at radius 3 is 1.13 bits per heavy atom. The Bertz CT molecular complexity index is 955. The Morgan fingerprint density at radius 2 is 0.794 bits per heavy atom. The molecule has 0 aliphatic carbocycles. The Kier molecular flexibility index (Phi) is 43.0. The molecule has 376 valence electrons. The maximum atomic E-state index is 12.9. The van der Waals surface area contributed by atoms with E-state index < -0.39 is 49.5 Å². The third kappa shape index (κ3) is 35.1. The van der Waals surface area contributed by atoms with Gasteiger partial charge in [-0.25, -0.2) is 0 Å². The summed E-state index contributed by atoms with van der Waals surface area (Å²) in [5.74, 6) is -0.147. The summed E-state index contributed by atoms with van der Waals surface area (Å²) in [6, 6.07) is -0.709. The van der Waals surface area contributed by atoms with Crippen LogP contribution in [0.2, 0.25) is 0 Å². The highest BCUT2D eigenvalue weighted by Crippen LogP contribution is 2.23. The van der Waals surface area contributed by atoms with Crippen LogP contribution in [-0.4, -0.2) is 87.5 Å². The molecule has 0 spiro atoms. The number of hydrogen-bond acceptors (Lipinski definition) is 8. The molecule has 63 heavy (non-hydrogen) atoms. The van der Waals surface area contributed by atoms with E-state index in [1.165, 1.54) is 212 Å². The van der Waals surface area contributed by atoms with Crippen LogP contribution in [0.4, 0.5) is 0 Å². The molecule has 1 aliphatic heterocycles. The molecular formula is C54H107NO8. The predicted octanol–water partition coefficient (Wildman–Crippen LogP) is 13.1. The maximum Gasteiger partial charge on any atom is 0.220 e. The molecule has 1 saturated heterocycles. The number of aliphatic hydroxyl groups excluding tert-OH is 5. The summed E-state index contributed by atoms with van der Waals surface area (Å²) in [7, 11) is 0. The quantitative estimate of drug-likeness (QED) is 0.0331. The molecule has 0 aromatic carbocycles. The van der Waals surface area contributed by atoms with Gasteiger partial charge in [-0.1, -0.05) is 264 Å². The molecular weight excluding hydrogens is 791 g/mol. The number of nitrogens with one attached hydrogen (secondary N) is 1. The van der Waals surface area contributed by atoms with Gasteiger partial charge in [0.25, 0.3) is 0 Å². The van der Waals surface area contributed by atoms with Gasteiger partial charge in [-0.15, -0.1) is 0 Å². The molecule has 6 N–H and O–H groups in total. The van der Waals surface area contributed by atoms with Gasteiger partial charge in [0, 0.05) is 6.42 Å². The highest BCUT2D eigenvalue weighted by Gasteiger charge is 2.44. The van der Waals surface area contributed by atoms with E-state index in [-0.39, 0.29) is 12.5 Å². The normalized spacial score (nSPS) is 20.0. The lowest BCUT2D eigenvalue weighted by Gasteiger charge is -2.40. The summed E-state index contributed by atoms with van der Waals surface area (Å²) < 4.78 is 11.2. The van der Waals surface area contributed by atoms with Crippen molar-refractivity contribution >= 4 is 5.91 Å². The van der Waals surface area contributed by atoms with Crippen molar-refractivity contribution in [2.24, 2.45) is 0 Å². The molecule has 1 aliphatic rings. The average molecular weight is 898 g/mol. The number of ether oxygens (including phenoxy) is 2. The van der Waals surface area contributed by atoms with Gasteiger partial charge in [-0.3, -0.25) is 4.79 Å². The largest absolute Gasteiger partial charge is 0.394 e. The fraction of sp³-hybridized carbons (Fsp3) is 0.981. The highest BCUT2D eigenvalue weighted by atomic mass is 16.7. The van der Waals surface area contributed by atoms with Gasteiger partial charge in [-0.05, 0) is 12.8 Å². The van der Waals surface area contributed by atoms with Crippen molar-refractivity contribution in [3.63, 3.8) is 0 Å². The molecule has 9 nitrogen and oxygen atoms in total. The van der Waals surface area contributed by atoms with Crippen LogP contribution in [0.1, 0.15) is 284 Å². The van der Waals surface area contributed by atoms with Gasteiger partial charge in [-0.2, -0.15) is 0 Å². The second-order valence-corrected chi connectivity index (χ2v) is 19.7. The zero-order valence-electron chi connectivity index (χ0n) is 41.6. The minimum absolute atomic E-state index is 0.136. The summed E-state index contributed by atoms with van der Waals surface area (Å²) in [6.45, 7) is 3.74. The summed E-state index contributed by atoms with van der Waals surface area (Å²) >= 11 is 0. The summed E-state index contributed by atoms with van der Waals surface area (Å²) in [5, 5.41) is 53.8. The first-order valence-electron chi connectivity index (χ1n) is 27.7. The molecule has 0 radical (unpaired) electrons. The zero-order chi connectivity index (χ0) is 45.9. The highest BCUT2D eigenvalue weighted by molar-refractivity contribution is 5.76. The fourth-order valence-corrected chi connectivity index (χ4v) is 9.28. The molecule has 7 unspecified atom stereocenters. The zero-order valence-corrected chi connectivity index (χ0v) is 41.6. The lowest BCUT2D eigenvalue weighted by Crippen LogP contribution is -2.60. The van der Waals surface area contributed by atoms with Crippen LogP contribution in [0, 0.1) is 0 Å². The molecule has 1 heterocycles. The average Bonchev–Trinajstić information content (AvgIpc) is 3.28. The van der Waals surface area contributed by atoms with Crippen LogP contribution in [0.3, 0.4) is 0 Å². The molecule has 1 rings (SSSR count). The molecule has 7 atom stereocenters. The van der Waals surface area contributed by atoms with Crippen molar-refractivity contribution in [2.45, 2.75) is 326 Å². The van der Waals surface area contributed by atoms with Crippen molar-refractivity contribution in [3.8, 4) is 0 Å². The smallest absolute Gasteiger partial charge is 0.220 e. The van der Waals surface area contributed by atoms with Crippen LogP contribution in [0.25, 0.3) is 0 Å². The molecule has 0 aromatic heterocycles. The number of carbonyl (C=O) groups is 1. The number of aliphatic hydroxyl groups is 5. The third-order valence-electron chi connectivity index (χ3n) is 13.7. The SMILES string of the molecule is CCCCCCCCCCCCCCCCCCCCCCCCCCCCCCCCCCCCCCC(=O)NC(COC1OC(CO)C(O)C(O)C1O)C(O)CCCCCC. The minimum Gasteiger partial charge on any atom is -0.394 e. The van der Waals surface area contributed by atoms with Crippen molar-refractivity contribution in [3.05, 3.63) is 0 Å². The Labute approximate surface area is 389 Å². The van der Waals surface area contributed by atoms with E-state index in [0.717, 1.165) is 44.9 Å². The van der Waals surface area contributed by atoms with E-state index in [2.05, 4.69) is 19.2 Å². The topological polar surface area (TPSA) is 149 Å². The van der Waals surface area contributed by atoms with Gasteiger partial charge < -0.3 is 40.3 Å². The Balaban J connectivity index is 1.90. The van der Waals surface area contributed by atoms with Crippen molar-refractivity contribution in [1.82, 2.24) is 5.32 Å². The number of carbonyl (C=O) groups excluding carboxylic acids is 1. The van der Waals surface area contributed by atoms with Crippen molar-refractivity contribution < 1.29 is 39.8 Å². The van der Waals surface area contributed by atoms with Crippen molar-refractivity contribution in [2.75, 3.05) is 13.2 Å². The maximum absolute atomic E-state index is 12.9. The van der Waals surface area contributed by atoms with E-state index in [1.807, 2.05) is 0 Å². The second-order valence-electron chi connectivity index (χ2n) is 19.7. The van der Waals surface area contributed by atoms with Crippen LogP contribution in [0.5, 0.6) is 0 Å². The van der Waals surface area contributed by atoms with E-state index in [9.17, 15) is 30.3 Å². The minimum atomic E-state index is -1.55. The fourth-order valence-electron chi connectivity index (χ4n) is 9.28. The first-order chi connectivity index (χ1) is 30.8. The number of unbranched alkanes of at least 4 members (excludes halogenated alkanes) is 38. The Hall–Kier alpha value is -0.810. The van der Waals surface area contributed by atoms with Crippen molar-refractivity contribution in [1.29, 1.82) is 0 Å². The Morgan fingerprint density at radius 1 is 0.476 bits per heavy atom. The summed E-state index contributed by atoms with van der Waals surface area (Å²) in [5.41, 5.74) is 0. The molecule has 1 fully saturated rings. The van der Waals surface area contributed by atoms with E-state index in [4.69, 9.17) is 9.47 Å². The van der Waals surface area contributed by atoms with Crippen LogP contribution >= 0.6 is 0 Å². The predicted molar refractivity (Wildman–Crippen MR) is 263 cm³/mol.